The molecule has 1 fully saturated rings. The standard InChI is InChI=1S/C15H18O4/c16-15(12-3-1-6-17-10-12)11-4-5-13-14(9-11)19-8-2-7-18-13/h4-5,9,12H,1-3,6-8,10H2. The van der Waals surface area contributed by atoms with Gasteiger partial charge in [-0.05, 0) is 31.0 Å². The number of ketones is 1. The van der Waals surface area contributed by atoms with Gasteiger partial charge in [0.25, 0.3) is 0 Å². The van der Waals surface area contributed by atoms with E-state index in [9.17, 15) is 4.79 Å². The molecule has 1 aromatic rings. The van der Waals surface area contributed by atoms with Gasteiger partial charge < -0.3 is 14.2 Å². The van der Waals surface area contributed by atoms with Crippen molar-refractivity contribution in [1.29, 1.82) is 0 Å². The van der Waals surface area contributed by atoms with Gasteiger partial charge in [-0.3, -0.25) is 4.79 Å². The molecular weight excluding hydrogens is 244 g/mol. The summed E-state index contributed by atoms with van der Waals surface area (Å²) in [5, 5.41) is 0. The van der Waals surface area contributed by atoms with Crippen molar-refractivity contribution < 1.29 is 19.0 Å². The highest BCUT2D eigenvalue weighted by Gasteiger charge is 2.24. The lowest BCUT2D eigenvalue weighted by molar-refractivity contribution is 0.0461. The van der Waals surface area contributed by atoms with Gasteiger partial charge in [0.05, 0.1) is 19.8 Å². The molecule has 1 unspecified atom stereocenters. The molecule has 0 saturated carbocycles. The average molecular weight is 262 g/mol. The summed E-state index contributed by atoms with van der Waals surface area (Å²) in [7, 11) is 0. The van der Waals surface area contributed by atoms with Crippen molar-refractivity contribution in [3.8, 4) is 11.5 Å². The van der Waals surface area contributed by atoms with E-state index < -0.39 is 0 Å². The Morgan fingerprint density at radius 2 is 1.89 bits per heavy atom. The van der Waals surface area contributed by atoms with Crippen LogP contribution in [0.1, 0.15) is 29.6 Å². The third-order valence-corrected chi connectivity index (χ3v) is 3.56. The summed E-state index contributed by atoms with van der Waals surface area (Å²) < 4.78 is 16.6. The second-order valence-electron chi connectivity index (χ2n) is 4.99. The summed E-state index contributed by atoms with van der Waals surface area (Å²) in [4.78, 5) is 12.4. The van der Waals surface area contributed by atoms with Crippen molar-refractivity contribution in [3.05, 3.63) is 23.8 Å². The van der Waals surface area contributed by atoms with E-state index in [0.29, 0.717) is 31.1 Å². The maximum absolute atomic E-state index is 12.4. The zero-order chi connectivity index (χ0) is 13.1. The molecule has 0 radical (unpaired) electrons. The van der Waals surface area contributed by atoms with Crippen LogP contribution >= 0.6 is 0 Å². The maximum atomic E-state index is 12.4. The Balaban J connectivity index is 1.80. The summed E-state index contributed by atoms with van der Waals surface area (Å²) in [6.45, 7) is 2.60. The van der Waals surface area contributed by atoms with Crippen molar-refractivity contribution in [3.63, 3.8) is 0 Å². The second-order valence-corrected chi connectivity index (χ2v) is 4.99. The van der Waals surface area contributed by atoms with Gasteiger partial charge in [0.2, 0.25) is 0 Å². The van der Waals surface area contributed by atoms with Crippen LogP contribution < -0.4 is 9.47 Å². The fraction of sp³-hybridized carbons (Fsp3) is 0.533. The van der Waals surface area contributed by atoms with E-state index in [1.54, 1.807) is 6.07 Å². The number of hydrogen-bond donors (Lipinski definition) is 0. The molecule has 19 heavy (non-hydrogen) atoms. The Kier molecular flexibility index (Phi) is 3.69. The van der Waals surface area contributed by atoms with Crippen LogP contribution in [0.3, 0.4) is 0 Å². The first-order valence-corrected chi connectivity index (χ1v) is 6.86. The Bertz CT molecular complexity index is 463. The summed E-state index contributed by atoms with van der Waals surface area (Å²) in [6, 6.07) is 5.46. The molecule has 0 N–H and O–H groups in total. The second kappa shape index (κ2) is 5.61. The first-order valence-electron chi connectivity index (χ1n) is 6.86. The van der Waals surface area contributed by atoms with Crippen LogP contribution in [0, 0.1) is 5.92 Å². The SMILES string of the molecule is O=C(c1ccc2c(c1)OCCCO2)C1CCCOC1. The van der Waals surface area contributed by atoms with Gasteiger partial charge in [-0.25, -0.2) is 0 Å². The number of Topliss-reactive ketones (excluding diaryl/α,β-unsaturated/α-hetero) is 1. The molecule has 0 aliphatic carbocycles. The van der Waals surface area contributed by atoms with Gasteiger partial charge >= 0.3 is 0 Å². The molecule has 102 valence electrons. The summed E-state index contributed by atoms with van der Waals surface area (Å²) in [5.74, 6) is 1.54. The minimum absolute atomic E-state index is 0.0153. The van der Waals surface area contributed by atoms with Crippen molar-refractivity contribution in [1.82, 2.24) is 0 Å². The highest BCUT2D eigenvalue weighted by atomic mass is 16.5. The zero-order valence-corrected chi connectivity index (χ0v) is 10.9. The van der Waals surface area contributed by atoms with Crippen LogP contribution in [0.15, 0.2) is 18.2 Å². The number of fused-ring (bicyclic) bond motifs is 1. The van der Waals surface area contributed by atoms with Crippen molar-refractivity contribution >= 4 is 5.78 Å². The predicted octanol–water partition coefficient (Wildman–Crippen LogP) is 2.46. The number of benzene rings is 1. The molecule has 2 aliphatic rings. The topological polar surface area (TPSA) is 44.8 Å². The minimum atomic E-state index is -0.0153. The van der Waals surface area contributed by atoms with Gasteiger partial charge in [0, 0.05) is 24.5 Å². The van der Waals surface area contributed by atoms with Gasteiger partial charge in [-0.2, -0.15) is 0 Å². The molecule has 0 bridgehead atoms. The molecule has 2 aliphatic heterocycles. The lowest BCUT2D eigenvalue weighted by Gasteiger charge is -2.21. The Morgan fingerprint density at radius 1 is 1.05 bits per heavy atom. The van der Waals surface area contributed by atoms with Crippen LogP contribution in [0.25, 0.3) is 0 Å². The first-order chi connectivity index (χ1) is 9.34. The Hall–Kier alpha value is -1.55. The first kappa shape index (κ1) is 12.5. The largest absolute Gasteiger partial charge is 0.490 e. The van der Waals surface area contributed by atoms with Crippen LogP contribution in [0.2, 0.25) is 0 Å². The quantitative estimate of drug-likeness (QED) is 0.768. The molecule has 3 rings (SSSR count). The molecule has 1 aromatic carbocycles. The molecule has 4 nitrogen and oxygen atoms in total. The molecule has 0 spiro atoms. The van der Waals surface area contributed by atoms with Crippen LogP contribution in [0.4, 0.5) is 0 Å². The van der Waals surface area contributed by atoms with E-state index in [1.165, 1.54) is 0 Å². The lowest BCUT2D eigenvalue weighted by Crippen LogP contribution is -2.25. The van der Waals surface area contributed by atoms with E-state index in [4.69, 9.17) is 14.2 Å². The Morgan fingerprint density at radius 3 is 2.68 bits per heavy atom. The number of rotatable bonds is 2. The third kappa shape index (κ3) is 2.73. The smallest absolute Gasteiger partial charge is 0.168 e. The number of carbonyl (C=O) groups excluding carboxylic acids is 1. The van der Waals surface area contributed by atoms with Crippen molar-refractivity contribution in [2.45, 2.75) is 19.3 Å². The fourth-order valence-electron chi connectivity index (χ4n) is 2.50. The molecule has 1 atom stereocenters. The number of hydrogen-bond acceptors (Lipinski definition) is 4. The van der Waals surface area contributed by atoms with Crippen LogP contribution in [0.5, 0.6) is 11.5 Å². The maximum Gasteiger partial charge on any atom is 0.168 e. The van der Waals surface area contributed by atoms with Crippen LogP contribution in [-0.2, 0) is 4.74 Å². The molecule has 0 aromatic heterocycles. The molecule has 4 heteroatoms. The normalized spacial score (nSPS) is 22.6. The van der Waals surface area contributed by atoms with E-state index in [0.717, 1.165) is 31.6 Å². The summed E-state index contributed by atoms with van der Waals surface area (Å²) in [6.07, 6.45) is 2.74. The Labute approximate surface area is 112 Å². The van der Waals surface area contributed by atoms with Gasteiger partial charge in [-0.1, -0.05) is 0 Å². The van der Waals surface area contributed by atoms with Crippen molar-refractivity contribution in [2.75, 3.05) is 26.4 Å². The molecule has 2 heterocycles. The highest BCUT2D eigenvalue weighted by Crippen LogP contribution is 2.31. The predicted molar refractivity (Wildman–Crippen MR) is 69.9 cm³/mol. The minimum Gasteiger partial charge on any atom is -0.490 e. The summed E-state index contributed by atoms with van der Waals surface area (Å²) in [5.41, 5.74) is 0.694. The average Bonchev–Trinajstić information content (AvgIpc) is 2.72. The summed E-state index contributed by atoms with van der Waals surface area (Å²) >= 11 is 0. The lowest BCUT2D eigenvalue weighted by atomic mass is 9.92. The van der Waals surface area contributed by atoms with Gasteiger partial charge in [-0.15, -0.1) is 0 Å². The third-order valence-electron chi connectivity index (χ3n) is 3.56. The van der Waals surface area contributed by atoms with Crippen LogP contribution in [-0.4, -0.2) is 32.2 Å². The number of ether oxygens (including phenoxy) is 3. The van der Waals surface area contributed by atoms with E-state index in [1.807, 2.05) is 12.1 Å². The number of carbonyl (C=O) groups is 1. The van der Waals surface area contributed by atoms with Crippen molar-refractivity contribution in [2.24, 2.45) is 5.92 Å². The monoisotopic (exact) mass is 262 g/mol. The fourth-order valence-corrected chi connectivity index (χ4v) is 2.50. The molecular formula is C15H18O4. The molecule has 1 saturated heterocycles. The van der Waals surface area contributed by atoms with E-state index in [2.05, 4.69) is 0 Å². The van der Waals surface area contributed by atoms with Gasteiger partial charge in [0.15, 0.2) is 17.3 Å². The molecule has 0 amide bonds. The zero-order valence-electron chi connectivity index (χ0n) is 10.9. The van der Waals surface area contributed by atoms with E-state index in [-0.39, 0.29) is 11.7 Å². The highest BCUT2D eigenvalue weighted by molar-refractivity contribution is 5.98. The van der Waals surface area contributed by atoms with E-state index >= 15 is 0 Å². The van der Waals surface area contributed by atoms with Gasteiger partial charge in [0.1, 0.15) is 0 Å².